The van der Waals surface area contributed by atoms with Gasteiger partial charge >= 0.3 is 0 Å². The second kappa shape index (κ2) is 11.0. The number of rotatable bonds is 7. The van der Waals surface area contributed by atoms with Crippen LogP contribution in [0.4, 0.5) is 5.69 Å². The summed E-state index contributed by atoms with van der Waals surface area (Å²) in [5, 5.41) is 2.88. The Morgan fingerprint density at radius 1 is 0.861 bits per heavy atom. The Bertz CT molecular complexity index is 1160. The van der Waals surface area contributed by atoms with Crippen LogP contribution in [-0.2, 0) is 4.79 Å². The molecule has 0 radical (unpaired) electrons. The average Bonchev–Trinajstić information content (AvgIpc) is 3.63. The van der Waals surface area contributed by atoms with E-state index in [0.717, 1.165) is 43.4 Å². The van der Waals surface area contributed by atoms with E-state index >= 15 is 0 Å². The van der Waals surface area contributed by atoms with Crippen molar-refractivity contribution in [1.29, 1.82) is 0 Å². The first kappa shape index (κ1) is 24.2. The number of likely N-dealkylation sites (tertiary alicyclic amines) is 1. The summed E-state index contributed by atoms with van der Waals surface area (Å²) in [6.07, 6.45) is 9.75. The molecule has 186 valence electrons. The maximum atomic E-state index is 14.0. The standard InChI is InChI=1S/C30H34N4O2/c31-28(23-12-14-24(15-13-23)29(35)33-25-16-18-32-19-17-25)26-11-6-20-34(26)30(36)27(22-9-4-5-10-22)21-7-2-1-3-8-21/h1-3,7-8,12-19,22,26-28H,4-6,9-11,20,31H2,(H,32,33,35). The second-order valence-electron chi connectivity index (χ2n) is 10.0. The molecule has 2 aliphatic rings. The van der Waals surface area contributed by atoms with Gasteiger partial charge in [0.1, 0.15) is 0 Å². The molecule has 3 aromatic rings. The van der Waals surface area contributed by atoms with E-state index in [1.807, 2.05) is 35.2 Å². The number of hydrogen-bond donors (Lipinski definition) is 2. The van der Waals surface area contributed by atoms with Gasteiger partial charge in [-0.25, -0.2) is 0 Å². The molecule has 5 rings (SSSR count). The number of anilines is 1. The first-order valence-corrected chi connectivity index (χ1v) is 13.0. The fraction of sp³-hybridized carbons (Fsp3) is 0.367. The van der Waals surface area contributed by atoms with Gasteiger partial charge in [0.25, 0.3) is 5.91 Å². The SMILES string of the molecule is NC(c1ccc(C(=O)Nc2ccncc2)cc1)C1CCCN1C(=O)C(c1ccccc1)C1CCCC1. The summed E-state index contributed by atoms with van der Waals surface area (Å²) < 4.78 is 0. The Morgan fingerprint density at radius 3 is 2.25 bits per heavy atom. The molecule has 36 heavy (non-hydrogen) atoms. The summed E-state index contributed by atoms with van der Waals surface area (Å²) >= 11 is 0. The molecule has 1 saturated heterocycles. The Kier molecular flexibility index (Phi) is 7.42. The molecule has 3 atom stereocenters. The highest BCUT2D eigenvalue weighted by atomic mass is 16.2. The third-order valence-electron chi connectivity index (χ3n) is 7.79. The van der Waals surface area contributed by atoms with Crippen LogP contribution in [0.15, 0.2) is 79.1 Å². The molecule has 2 fully saturated rings. The van der Waals surface area contributed by atoms with E-state index in [9.17, 15) is 9.59 Å². The van der Waals surface area contributed by atoms with Gasteiger partial charge in [0, 0.05) is 30.2 Å². The Balaban J connectivity index is 1.31. The molecule has 0 bridgehead atoms. The predicted octanol–water partition coefficient (Wildman–Crippen LogP) is 5.30. The molecule has 2 aromatic carbocycles. The van der Waals surface area contributed by atoms with Gasteiger partial charge in [-0.1, -0.05) is 55.3 Å². The highest BCUT2D eigenvalue weighted by molar-refractivity contribution is 6.04. The summed E-state index contributed by atoms with van der Waals surface area (Å²) in [4.78, 5) is 32.6. The predicted molar refractivity (Wildman–Crippen MR) is 141 cm³/mol. The van der Waals surface area contributed by atoms with E-state index in [2.05, 4.69) is 22.4 Å². The lowest BCUT2D eigenvalue weighted by atomic mass is 9.83. The van der Waals surface area contributed by atoms with Gasteiger partial charge < -0.3 is 16.0 Å². The molecular formula is C30H34N4O2. The molecule has 0 spiro atoms. The van der Waals surface area contributed by atoms with Crippen LogP contribution in [0.5, 0.6) is 0 Å². The fourth-order valence-electron chi connectivity index (χ4n) is 5.90. The number of nitrogens with one attached hydrogen (secondary N) is 1. The molecule has 3 unspecified atom stereocenters. The van der Waals surface area contributed by atoms with Crippen molar-refractivity contribution in [3.63, 3.8) is 0 Å². The fourth-order valence-corrected chi connectivity index (χ4v) is 5.90. The van der Waals surface area contributed by atoms with E-state index in [1.165, 1.54) is 12.8 Å². The molecule has 1 aromatic heterocycles. The summed E-state index contributed by atoms with van der Waals surface area (Å²) in [6, 6.07) is 20.9. The zero-order valence-electron chi connectivity index (χ0n) is 20.6. The molecule has 6 heteroatoms. The van der Waals surface area contributed by atoms with E-state index in [0.29, 0.717) is 17.2 Å². The zero-order valence-corrected chi connectivity index (χ0v) is 20.6. The van der Waals surface area contributed by atoms with Crippen molar-refractivity contribution < 1.29 is 9.59 Å². The Morgan fingerprint density at radius 2 is 1.56 bits per heavy atom. The number of carbonyl (C=O) groups excluding carboxylic acids is 2. The van der Waals surface area contributed by atoms with Crippen molar-refractivity contribution >= 4 is 17.5 Å². The van der Waals surface area contributed by atoms with Gasteiger partial charge in [-0.2, -0.15) is 0 Å². The monoisotopic (exact) mass is 482 g/mol. The normalized spacial score (nSPS) is 19.7. The number of amides is 2. The van der Waals surface area contributed by atoms with Crippen LogP contribution in [0.1, 0.15) is 72.0 Å². The van der Waals surface area contributed by atoms with Crippen LogP contribution in [0, 0.1) is 5.92 Å². The van der Waals surface area contributed by atoms with Crippen molar-refractivity contribution in [2.24, 2.45) is 11.7 Å². The summed E-state index contributed by atoms with van der Waals surface area (Å²) in [5.41, 5.74) is 10.1. The highest BCUT2D eigenvalue weighted by Crippen LogP contribution is 2.40. The zero-order chi connectivity index (χ0) is 24.9. The summed E-state index contributed by atoms with van der Waals surface area (Å²) in [5.74, 6) is 0.344. The van der Waals surface area contributed by atoms with Crippen LogP contribution in [0.2, 0.25) is 0 Å². The topological polar surface area (TPSA) is 88.3 Å². The third kappa shape index (κ3) is 5.19. The maximum Gasteiger partial charge on any atom is 0.255 e. The molecule has 1 saturated carbocycles. The van der Waals surface area contributed by atoms with Crippen molar-refractivity contribution in [2.75, 3.05) is 11.9 Å². The van der Waals surface area contributed by atoms with E-state index in [4.69, 9.17) is 5.73 Å². The van der Waals surface area contributed by atoms with Crippen molar-refractivity contribution in [2.45, 2.75) is 56.5 Å². The lowest BCUT2D eigenvalue weighted by molar-refractivity contribution is -0.135. The summed E-state index contributed by atoms with van der Waals surface area (Å²) in [7, 11) is 0. The number of aromatic nitrogens is 1. The molecule has 3 N–H and O–H groups in total. The number of hydrogen-bond acceptors (Lipinski definition) is 4. The first-order chi connectivity index (χ1) is 17.6. The molecule has 2 heterocycles. The smallest absolute Gasteiger partial charge is 0.255 e. The number of nitrogens with two attached hydrogens (primary N) is 1. The van der Waals surface area contributed by atoms with E-state index in [1.54, 1.807) is 36.7 Å². The molecule has 6 nitrogen and oxygen atoms in total. The van der Waals surface area contributed by atoms with Crippen molar-refractivity contribution in [3.8, 4) is 0 Å². The van der Waals surface area contributed by atoms with Gasteiger partial charge in [0.05, 0.1) is 18.0 Å². The number of nitrogens with zero attached hydrogens (tertiary/aromatic N) is 2. The number of pyridine rings is 1. The Hall–Kier alpha value is -3.51. The van der Waals surface area contributed by atoms with Gasteiger partial charge in [-0.05, 0) is 67.0 Å². The first-order valence-electron chi connectivity index (χ1n) is 13.0. The lowest BCUT2D eigenvalue weighted by Crippen LogP contribution is -2.45. The van der Waals surface area contributed by atoms with Crippen LogP contribution in [0.25, 0.3) is 0 Å². The van der Waals surface area contributed by atoms with E-state index in [-0.39, 0.29) is 29.8 Å². The maximum absolute atomic E-state index is 14.0. The third-order valence-corrected chi connectivity index (χ3v) is 7.79. The van der Waals surface area contributed by atoms with Gasteiger partial charge in [-0.15, -0.1) is 0 Å². The van der Waals surface area contributed by atoms with Crippen LogP contribution in [0.3, 0.4) is 0 Å². The van der Waals surface area contributed by atoms with E-state index < -0.39 is 0 Å². The number of carbonyl (C=O) groups is 2. The number of benzene rings is 2. The minimum absolute atomic E-state index is 0.0402. The second-order valence-corrected chi connectivity index (χ2v) is 10.0. The van der Waals surface area contributed by atoms with Crippen molar-refractivity contribution in [3.05, 3.63) is 95.8 Å². The molecule has 1 aliphatic carbocycles. The van der Waals surface area contributed by atoms with Crippen LogP contribution in [-0.4, -0.2) is 34.3 Å². The molecule has 2 amide bonds. The Labute approximate surface area is 212 Å². The lowest BCUT2D eigenvalue weighted by Gasteiger charge is -2.34. The largest absolute Gasteiger partial charge is 0.337 e. The molecular weight excluding hydrogens is 448 g/mol. The van der Waals surface area contributed by atoms with Crippen LogP contribution >= 0.6 is 0 Å². The van der Waals surface area contributed by atoms with Gasteiger partial charge in [0.15, 0.2) is 0 Å². The molecule has 1 aliphatic heterocycles. The minimum Gasteiger partial charge on any atom is -0.337 e. The van der Waals surface area contributed by atoms with Gasteiger partial charge in [0.2, 0.25) is 5.91 Å². The summed E-state index contributed by atoms with van der Waals surface area (Å²) in [6.45, 7) is 0.750. The van der Waals surface area contributed by atoms with Crippen molar-refractivity contribution in [1.82, 2.24) is 9.88 Å². The van der Waals surface area contributed by atoms with Crippen LogP contribution < -0.4 is 11.1 Å². The average molecular weight is 483 g/mol. The minimum atomic E-state index is -0.297. The highest BCUT2D eigenvalue weighted by Gasteiger charge is 2.40. The van der Waals surface area contributed by atoms with Gasteiger partial charge in [-0.3, -0.25) is 14.6 Å². The quantitative estimate of drug-likeness (QED) is 0.478.